The van der Waals surface area contributed by atoms with E-state index in [1.807, 2.05) is 0 Å². The number of rotatable bonds is 4. The lowest BCUT2D eigenvalue weighted by Gasteiger charge is -2.06. The monoisotopic (exact) mass is 166 g/mol. The lowest BCUT2D eigenvalue weighted by molar-refractivity contribution is -0.153. The summed E-state index contributed by atoms with van der Waals surface area (Å²) in [6, 6.07) is 0. The lowest BCUT2D eigenvalue weighted by atomic mass is 10.3. The molecule has 0 saturated heterocycles. The minimum atomic E-state index is -1.06. The molecule has 10 heavy (non-hydrogen) atoms. The first-order valence-corrected chi connectivity index (χ1v) is 3.66. The van der Waals surface area contributed by atoms with Gasteiger partial charge in [0.1, 0.15) is 0 Å². The van der Waals surface area contributed by atoms with Gasteiger partial charge in [-0.1, -0.05) is 0 Å². The Hall–Kier alpha value is -0.280. The van der Waals surface area contributed by atoms with E-state index >= 15 is 0 Å². The maximum atomic E-state index is 10.6. The van der Waals surface area contributed by atoms with E-state index in [0.717, 1.165) is 0 Å². The molecule has 0 aliphatic heterocycles. The van der Waals surface area contributed by atoms with Gasteiger partial charge in [0.2, 0.25) is 0 Å². The minimum Gasteiger partial charge on any atom is -0.464 e. The van der Waals surface area contributed by atoms with Gasteiger partial charge in [0, 0.05) is 5.88 Å². The molecule has 0 rings (SSSR count). The third-order valence-corrected chi connectivity index (χ3v) is 1.16. The highest BCUT2D eigenvalue weighted by molar-refractivity contribution is 6.18. The van der Waals surface area contributed by atoms with E-state index in [1.54, 1.807) is 6.92 Å². The van der Waals surface area contributed by atoms with Crippen LogP contribution in [-0.2, 0) is 9.53 Å². The summed E-state index contributed by atoms with van der Waals surface area (Å²) in [6.07, 6.45) is -0.808. The number of carbonyl (C=O) groups is 1. The van der Waals surface area contributed by atoms with E-state index in [-0.39, 0.29) is 18.9 Å². The molecule has 4 heteroatoms. The second kappa shape index (κ2) is 5.50. The molecule has 0 aliphatic carbocycles. The topological polar surface area (TPSA) is 46.5 Å². The van der Waals surface area contributed by atoms with Crippen LogP contribution in [0, 0.1) is 0 Å². The van der Waals surface area contributed by atoms with Crippen molar-refractivity contribution in [1.82, 2.24) is 0 Å². The van der Waals surface area contributed by atoms with E-state index < -0.39 is 12.1 Å². The Morgan fingerprint density at radius 3 is 2.80 bits per heavy atom. The molecule has 0 saturated carbocycles. The number of ether oxygens (including phenoxy) is 1. The van der Waals surface area contributed by atoms with Crippen molar-refractivity contribution in [2.75, 3.05) is 12.5 Å². The predicted molar refractivity (Wildman–Crippen MR) is 38.0 cm³/mol. The molecule has 0 aromatic rings. The molecule has 0 amide bonds. The van der Waals surface area contributed by atoms with Crippen LogP contribution in [0.4, 0.5) is 0 Å². The molecule has 0 aliphatic rings. The van der Waals surface area contributed by atoms with Gasteiger partial charge < -0.3 is 9.84 Å². The fourth-order valence-corrected chi connectivity index (χ4v) is 0.666. The molecule has 0 radical (unpaired) electrons. The SMILES string of the molecule is CCOC(=O)[C@H](O)CCCl. The van der Waals surface area contributed by atoms with Crippen LogP contribution in [0.1, 0.15) is 13.3 Å². The largest absolute Gasteiger partial charge is 0.464 e. The van der Waals surface area contributed by atoms with Crippen molar-refractivity contribution in [1.29, 1.82) is 0 Å². The molecular weight excluding hydrogens is 156 g/mol. The number of aliphatic hydroxyl groups is 1. The number of halogens is 1. The van der Waals surface area contributed by atoms with Crippen LogP contribution in [0.5, 0.6) is 0 Å². The Labute approximate surface area is 64.9 Å². The molecule has 0 bridgehead atoms. The van der Waals surface area contributed by atoms with Gasteiger partial charge in [-0.2, -0.15) is 0 Å². The zero-order chi connectivity index (χ0) is 7.98. The van der Waals surface area contributed by atoms with Gasteiger partial charge in [-0.25, -0.2) is 4.79 Å². The van der Waals surface area contributed by atoms with Gasteiger partial charge in [-0.15, -0.1) is 11.6 Å². The zero-order valence-corrected chi connectivity index (χ0v) is 6.60. The number of hydrogen-bond donors (Lipinski definition) is 1. The summed E-state index contributed by atoms with van der Waals surface area (Å²) >= 11 is 5.27. The number of aliphatic hydroxyl groups excluding tert-OH is 1. The predicted octanol–water partition coefficient (Wildman–Crippen LogP) is 0.539. The second-order valence-electron chi connectivity index (χ2n) is 1.75. The van der Waals surface area contributed by atoms with Crippen LogP contribution < -0.4 is 0 Å². The summed E-state index contributed by atoms with van der Waals surface area (Å²) in [4.78, 5) is 10.6. The zero-order valence-electron chi connectivity index (χ0n) is 5.84. The third-order valence-electron chi connectivity index (χ3n) is 0.941. The molecule has 3 nitrogen and oxygen atoms in total. The van der Waals surface area contributed by atoms with Crippen molar-refractivity contribution in [3.8, 4) is 0 Å². The standard InChI is InChI=1S/C6H11ClO3/c1-2-10-6(9)5(8)3-4-7/h5,8H,2-4H2,1H3/t5-/m1/s1. The normalized spacial score (nSPS) is 12.7. The van der Waals surface area contributed by atoms with Crippen LogP contribution in [-0.4, -0.2) is 29.7 Å². The average molecular weight is 167 g/mol. The highest BCUT2D eigenvalue weighted by Crippen LogP contribution is 1.96. The number of hydrogen-bond acceptors (Lipinski definition) is 3. The summed E-state index contributed by atoms with van der Waals surface area (Å²) in [5, 5.41) is 8.89. The summed E-state index contributed by atoms with van der Waals surface area (Å²) in [5.74, 6) is -0.330. The number of carbonyl (C=O) groups excluding carboxylic acids is 1. The maximum absolute atomic E-state index is 10.6. The molecule has 0 heterocycles. The Morgan fingerprint density at radius 2 is 2.40 bits per heavy atom. The van der Waals surface area contributed by atoms with Crippen molar-refractivity contribution in [2.24, 2.45) is 0 Å². The van der Waals surface area contributed by atoms with E-state index in [9.17, 15) is 4.79 Å². The van der Waals surface area contributed by atoms with Gasteiger partial charge in [-0.05, 0) is 13.3 Å². The first kappa shape index (κ1) is 9.72. The van der Waals surface area contributed by atoms with Crippen LogP contribution in [0.3, 0.4) is 0 Å². The minimum absolute atomic E-state index is 0.250. The summed E-state index contributed by atoms with van der Waals surface area (Å²) in [6.45, 7) is 1.98. The van der Waals surface area contributed by atoms with Crippen molar-refractivity contribution in [3.63, 3.8) is 0 Å². The highest BCUT2D eigenvalue weighted by atomic mass is 35.5. The van der Waals surface area contributed by atoms with Crippen LogP contribution >= 0.6 is 11.6 Å². The molecule has 1 N–H and O–H groups in total. The summed E-state index contributed by atoms with van der Waals surface area (Å²) in [5.41, 5.74) is 0. The number of alkyl halides is 1. The lowest BCUT2D eigenvalue weighted by Crippen LogP contribution is -2.23. The van der Waals surface area contributed by atoms with Gasteiger partial charge in [-0.3, -0.25) is 0 Å². The molecule has 60 valence electrons. The second-order valence-corrected chi connectivity index (χ2v) is 2.12. The fourth-order valence-electron chi connectivity index (χ4n) is 0.460. The van der Waals surface area contributed by atoms with Gasteiger partial charge >= 0.3 is 5.97 Å². The Morgan fingerprint density at radius 1 is 1.80 bits per heavy atom. The van der Waals surface area contributed by atoms with Crippen LogP contribution in [0.25, 0.3) is 0 Å². The Balaban J connectivity index is 3.49. The smallest absolute Gasteiger partial charge is 0.334 e. The summed E-state index contributed by atoms with van der Waals surface area (Å²) in [7, 11) is 0. The van der Waals surface area contributed by atoms with Crippen molar-refractivity contribution < 1.29 is 14.6 Å². The van der Waals surface area contributed by atoms with Gasteiger partial charge in [0.05, 0.1) is 6.61 Å². The van der Waals surface area contributed by atoms with Crippen molar-refractivity contribution in [2.45, 2.75) is 19.4 Å². The molecule has 0 aromatic carbocycles. The van der Waals surface area contributed by atoms with Gasteiger partial charge in [0.25, 0.3) is 0 Å². The van der Waals surface area contributed by atoms with E-state index in [1.165, 1.54) is 0 Å². The molecule has 0 spiro atoms. The van der Waals surface area contributed by atoms with Crippen molar-refractivity contribution >= 4 is 17.6 Å². The first-order valence-electron chi connectivity index (χ1n) is 3.13. The highest BCUT2D eigenvalue weighted by Gasteiger charge is 2.14. The van der Waals surface area contributed by atoms with E-state index in [0.29, 0.717) is 0 Å². The molecular formula is C6H11ClO3. The Bertz CT molecular complexity index is 105. The molecule has 0 unspecified atom stereocenters. The maximum Gasteiger partial charge on any atom is 0.334 e. The van der Waals surface area contributed by atoms with Crippen molar-refractivity contribution in [3.05, 3.63) is 0 Å². The Kier molecular flexibility index (Phi) is 5.35. The molecule has 0 fully saturated rings. The average Bonchev–Trinajstić information content (AvgIpc) is 1.89. The van der Waals surface area contributed by atoms with Crippen LogP contribution in [0.15, 0.2) is 0 Å². The third kappa shape index (κ3) is 3.69. The van der Waals surface area contributed by atoms with E-state index in [2.05, 4.69) is 4.74 Å². The van der Waals surface area contributed by atoms with Crippen LogP contribution in [0.2, 0.25) is 0 Å². The number of esters is 1. The molecule has 1 atom stereocenters. The van der Waals surface area contributed by atoms with E-state index in [4.69, 9.17) is 16.7 Å². The fraction of sp³-hybridized carbons (Fsp3) is 0.833. The quantitative estimate of drug-likeness (QED) is 0.490. The summed E-state index contributed by atoms with van der Waals surface area (Å²) < 4.78 is 4.51. The molecule has 0 aromatic heterocycles. The van der Waals surface area contributed by atoms with Gasteiger partial charge in [0.15, 0.2) is 6.10 Å². The first-order chi connectivity index (χ1) is 4.72.